The Kier molecular flexibility index (Phi) is 4.80. The number of amides is 1. The lowest BCUT2D eigenvalue weighted by Crippen LogP contribution is -2.39. The molecular formula is C11H16N2O4S. The number of methoxy groups -OCH3 is 1. The molecule has 0 unspecified atom stereocenters. The number of ether oxygens (including phenoxy) is 1. The fraction of sp³-hybridized carbons (Fsp3) is 0.545. The Balaban J connectivity index is 2.57. The maximum Gasteiger partial charge on any atom is 0.310 e. The van der Waals surface area contributed by atoms with E-state index >= 15 is 0 Å². The summed E-state index contributed by atoms with van der Waals surface area (Å²) in [5.74, 6) is -1.33. The summed E-state index contributed by atoms with van der Waals surface area (Å²) in [6, 6.07) is 0. The van der Waals surface area contributed by atoms with Crippen LogP contribution in [-0.2, 0) is 16.1 Å². The molecule has 18 heavy (non-hydrogen) atoms. The minimum atomic E-state index is -0.999. The lowest BCUT2D eigenvalue weighted by molar-refractivity contribution is -0.146. The van der Waals surface area contributed by atoms with Gasteiger partial charge >= 0.3 is 5.97 Å². The maximum atomic E-state index is 11.7. The fourth-order valence-electron chi connectivity index (χ4n) is 1.07. The Labute approximate surface area is 109 Å². The molecule has 100 valence electrons. The molecule has 0 radical (unpaired) electrons. The van der Waals surface area contributed by atoms with Gasteiger partial charge in [-0.2, -0.15) is 0 Å². The molecule has 0 aliphatic heterocycles. The van der Waals surface area contributed by atoms with E-state index in [-0.39, 0.29) is 18.1 Å². The SMILES string of the molecule is COCc1nc(C(=O)NCC(C)(C)C(=O)O)cs1. The first kappa shape index (κ1) is 14.6. The molecule has 1 aromatic rings. The molecule has 1 rings (SSSR count). The van der Waals surface area contributed by atoms with Crippen LogP contribution in [-0.4, -0.2) is 35.6 Å². The summed E-state index contributed by atoms with van der Waals surface area (Å²) in [5, 5.41) is 13.8. The minimum Gasteiger partial charge on any atom is -0.481 e. The lowest BCUT2D eigenvalue weighted by atomic mass is 9.94. The van der Waals surface area contributed by atoms with Crippen molar-refractivity contribution in [3.63, 3.8) is 0 Å². The molecule has 0 spiro atoms. The van der Waals surface area contributed by atoms with Crippen molar-refractivity contribution < 1.29 is 19.4 Å². The second kappa shape index (κ2) is 5.92. The van der Waals surface area contributed by atoms with Gasteiger partial charge in [0.2, 0.25) is 0 Å². The van der Waals surface area contributed by atoms with Gasteiger partial charge in [0.05, 0.1) is 12.0 Å². The van der Waals surface area contributed by atoms with Crippen LogP contribution in [0, 0.1) is 5.41 Å². The molecule has 0 aliphatic rings. The number of aromatic nitrogens is 1. The lowest BCUT2D eigenvalue weighted by Gasteiger charge is -2.18. The van der Waals surface area contributed by atoms with Gasteiger partial charge in [-0.1, -0.05) is 0 Å². The monoisotopic (exact) mass is 272 g/mol. The van der Waals surface area contributed by atoms with Crippen LogP contribution in [0.2, 0.25) is 0 Å². The van der Waals surface area contributed by atoms with Crippen LogP contribution >= 0.6 is 11.3 Å². The van der Waals surface area contributed by atoms with Crippen LogP contribution in [0.4, 0.5) is 0 Å². The number of hydrogen-bond acceptors (Lipinski definition) is 5. The number of nitrogens with one attached hydrogen (secondary N) is 1. The number of hydrogen-bond donors (Lipinski definition) is 2. The van der Waals surface area contributed by atoms with Gasteiger partial charge in [0, 0.05) is 19.0 Å². The topological polar surface area (TPSA) is 88.5 Å². The average Bonchev–Trinajstić information content (AvgIpc) is 2.75. The van der Waals surface area contributed by atoms with E-state index in [9.17, 15) is 9.59 Å². The Morgan fingerprint density at radius 3 is 2.78 bits per heavy atom. The van der Waals surface area contributed by atoms with Crippen molar-refractivity contribution in [1.29, 1.82) is 0 Å². The van der Waals surface area contributed by atoms with Gasteiger partial charge in [0.15, 0.2) is 0 Å². The van der Waals surface area contributed by atoms with E-state index in [1.165, 1.54) is 11.3 Å². The van der Waals surface area contributed by atoms with Crippen molar-refractivity contribution in [3.05, 3.63) is 16.1 Å². The highest BCUT2D eigenvalue weighted by Gasteiger charge is 2.28. The first-order chi connectivity index (χ1) is 8.36. The number of carboxylic acid groups (broad SMARTS) is 1. The van der Waals surface area contributed by atoms with Gasteiger partial charge < -0.3 is 15.2 Å². The van der Waals surface area contributed by atoms with Gasteiger partial charge in [0.1, 0.15) is 10.7 Å². The van der Waals surface area contributed by atoms with E-state index in [2.05, 4.69) is 10.3 Å². The summed E-state index contributed by atoms with van der Waals surface area (Å²) in [6.07, 6.45) is 0. The van der Waals surface area contributed by atoms with Gasteiger partial charge in [0.25, 0.3) is 5.91 Å². The predicted octanol–water partition coefficient (Wildman–Crippen LogP) is 1.13. The summed E-state index contributed by atoms with van der Waals surface area (Å²) in [5.41, 5.74) is -0.714. The third-order valence-corrected chi connectivity index (χ3v) is 3.14. The van der Waals surface area contributed by atoms with Crippen LogP contribution in [0.25, 0.3) is 0 Å². The first-order valence-corrected chi connectivity index (χ1v) is 6.19. The third-order valence-electron chi connectivity index (χ3n) is 2.32. The zero-order valence-corrected chi connectivity index (χ0v) is 11.3. The zero-order valence-electron chi connectivity index (χ0n) is 10.5. The second-order valence-electron chi connectivity index (χ2n) is 4.43. The molecule has 0 saturated carbocycles. The molecule has 0 atom stereocenters. The second-order valence-corrected chi connectivity index (χ2v) is 5.37. The molecule has 0 bridgehead atoms. The normalized spacial score (nSPS) is 11.3. The molecule has 0 saturated heterocycles. The highest BCUT2D eigenvalue weighted by atomic mass is 32.1. The molecule has 1 aromatic heterocycles. The summed E-state index contributed by atoms with van der Waals surface area (Å²) >= 11 is 1.33. The summed E-state index contributed by atoms with van der Waals surface area (Å²) in [4.78, 5) is 26.7. The van der Waals surface area contributed by atoms with E-state index in [4.69, 9.17) is 9.84 Å². The van der Waals surface area contributed by atoms with Gasteiger partial charge in [-0.25, -0.2) is 4.98 Å². The molecule has 6 nitrogen and oxygen atoms in total. The van der Waals surface area contributed by atoms with Gasteiger partial charge in [-0.15, -0.1) is 11.3 Å². The number of nitrogens with zero attached hydrogens (tertiary/aromatic N) is 1. The smallest absolute Gasteiger partial charge is 0.310 e. The van der Waals surface area contributed by atoms with Gasteiger partial charge in [-0.3, -0.25) is 9.59 Å². The van der Waals surface area contributed by atoms with Crippen molar-refractivity contribution in [2.75, 3.05) is 13.7 Å². The van der Waals surface area contributed by atoms with Crippen molar-refractivity contribution >= 4 is 23.2 Å². The van der Waals surface area contributed by atoms with Crippen LogP contribution in [0.1, 0.15) is 29.3 Å². The number of carbonyl (C=O) groups is 2. The molecule has 1 amide bonds. The van der Waals surface area contributed by atoms with Crippen LogP contribution in [0.5, 0.6) is 0 Å². The number of carbonyl (C=O) groups excluding carboxylic acids is 1. The van der Waals surface area contributed by atoms with E-state index < -0.39 is 11.4 Å². The summed E-state index contributed by atoms with van der Waals surface area (Å²) in [7, 11) is 1.55. The van der Waals surface area contributed by atoms with E-state index in [1.807, 2.05) is 0 Å². The Morgan fingerprint density at radius 2 is 2.22 bits per heavy atom. The summed E-state index contributed by atoms with van der Waals surface area (Å²) < 4.78 is 4.91. The van der Waals surface area contributed by atoms with Gasteiger partial charge in [-0.05, 0) is 13.8 Å². The molecule has 0 aromatic carbocycles. The third kappa shape index (κ3) is 3.78. The molecular weight excluding hydrogens is 256 g/mol. The van der Waals surface area contributed by atoms with Crippen LogP contribution < -0.4 is 5.32 Å². The summed E-state index contributed by atoms with van der Waals surface area (Å²) in [6.45, 7) is 3.51. The number of rotatable bonds is 6. The number of thiazole rings is 1. The van der Waals surface area contributed by atoms with Crippen molar-refractivity contribution in [3.8, 4) is 0 Å². The minimum absolute atomic E-state index is 0.0539. The van der Waals surface area contributed by atoms with E-state index in [0.29, 0.717) is 11.6 Å². The van der Waals surface area contributed by atoms with Crippen molar-refractivity contribution in [1.82, 2.24) is 10.3 Å². The standard InChI is InChI=1S/C11H16N2O4S/c1-11(2,10(15)16)6-12-9(14)7-5-18-8(13-7)4-17-3/h5H,4,6H2,1-3H3,(H,12,14)(H,15,16). The molecule has 2 N–H and O–H groups in total. The molecule has 1 heterocycles. The first-order valence-electron chi connectivity index (χ1n) is 5.32. The average molecular weight is 272 g/mol. The highest BCUT2D eigenvalue weighted by Crippen LogP contribution is 2.14. The maximum absolute atomic E-state index is 11.7. The number of carboxylic acids is 1. The fourth-order valence-corrected chi connectivity index (χ4v) is 1.82. The zero-order chi connectivity index (χ0) is 13.8. The quantitative estimate of drug-likeness (QED) is 0.810. The largest absolute Gasteiger partial charge is 0.481 e. The van der Waals surface area contributed by atoms with Crippen LogP contribution in [0.15, 0.2) is 5.38 Å². The highest BCUT2D eigenvalue weighted by molar-refractivity contribution is 7.09. The Bertz CT molecular complexity index is 442. The number of aliphatic carboxylic acids is 1. The molecule has 0 aliphatic carbocycles. The van der Waals surface area contributed by atoms with Crippen LogP contribution in [0.3, 0.4) is 0 Å². The molecule has 7 heteroatoms. The predicted molar refractivity (Wildman–Crippen MR) is 66.6 cm³/mol. The Hall–Kier alpha value is -1.47. The Morgan fingerprint density at radius 1 is 1.56 bits per heavy atom. The molecule has 0 fully saturated rings. The van der Waals surface area contributed by atoms with E-state index in [0.717, 1.165) is 0 Å². The van der Waals surface area contributed by atoms with Crippen molar-refractivity contribution in [2.45, 2.75) is 20.5 Å². The van der Waals surface area contributed by atoms with E-state index in [1.54, 1.807) is 26.3 Å². The van der Waals surface area contributed by atoms with Crippen molar-refractivity contribution in [2.24, 2.45) is 5.41 Å².